The summed E-state index contributed by atoms with van der Waals surface area (Å²) in [6.45, 7) is 2.80. The van der Waals surface area contributed by atoms with Crippen LogP contribution in [0.3, 0.4) is 0 Å². The third-order valence-corrected chi connectivity index (χ3v) is 3.81. The Morgan fingerprint density at radius 3 is 3.00 bits per heavy atom. The Morgan fingerprint density at radius 1 is 1.55 bits per heavy atom. The standard InChI is InChI=1S/C16H21FN2O3/c1-2-4-13-16(22)18-7-8-19(13)15(21)10-14(20)11-5-3-6-12(17)9-11/h3,5-6,9,13-14,20H,2,4,7-8,10H2,1H3,(H,18,22). The maximum atomic E-state index is 13.2. The van der Waals surface area contributed by atoms with Crippen LogP contribution in [0.4, 0.5) is 4.39 Å². The molecule has 1 aromatic carbocycles. The molecule has 6 heteroatoms. The number of hydrogen-bond acceptors (Lipinski definition) is 3. The van der Waals surface area contributed by atoms with Crippen molar-refractivity contribution in [3.63, 3.8) is 0 Å². The molecule has 0 aliphatic carbocycles. The number of nitrogens with one attached hydrogen (secondary N) is 1. The van der Waals surface area contributed by atoms with Crippen molar-refractivity contribution in [2.75, 3.05) is 13.1 Å². The van der Waals surface area contributed by atoms with Gasteiger partial charge in [0.1, 0.15) is 11.9 Å². The van der Waals surface area contributed by atoms with Crippen LogP contribution in [0.2, 0.25) is 0 Å². The van der Waals surface area contributed by atoms with Crippen LogP contribution in [0.1, 0.15) is 37.9 Å². The van der Waals surface area contributed by atoms with E-state index in [4.69, 9.17) is 0 Å². The molecule has 1 aliphatic heterocycles. The van der Waals surface area contributed by atoms with Crippen molar-refractivity contribution in [1.29, 1.82) is 0 Å². The van der Waals surface area contributed by atoms with E-state index in [9.17, 15) is 19.1 Å². The molecule has 2 atom stereocenters. The Hall–Kier alpha value is -1.95. The van der Waals surface area contributed by atoms with E-state index in [0.29, 0.717) is 25.1 Å². The number of rotatable bonds is 5. The molecule has 5 nitrogen and oxygen atoms in total. The van der Waals surface area contributed by atoms with E-state index in [0.717, 1.165) is 6.42 Å². The van der Waals surface area contributed by atoms with Gasteiger partial charge in [-0.1, -0.05) is 25.5 Å². The molecule has 0 radical (unpaired) electrons. The molecular weight excluding hydrogens is 287 g/mol. The highest BCUT2D eigenvalue weighted by atomic mass is 19.1. The summed E-state index contributed by atoms with van der Waals surface area (Å²) in [7, 11) is 0. The summed E-state index contributed by atoms with van der Waals surface area (Å²) >= 11 is 0. The van der Waals surface area contributed by atoms with Crippen molar-refractivity contribution >= 4 is 11.8 Å². The maximum Gasteiger partial charge on any atom is 0.242 e. The SMILES string of the molecule is CCCC1C(=O)NCCN1C(=O)CC(O)c1cccc(F)c1. The van der Waals surface area contributed by atoms with Gasteiger partial charge in [-0.3, -0.25) is 9.59 Å². The Bertz CT molecular complexity index is 550. The monoisotopic (exact) mass is 308 g/mol. The van der Waals surface area contributed by atoms with Crippen molar-refractivity contribution in [3.05, 3.63) is 35.6 Å². The lowest BCUT2D eigenvalue weighted by molar-refractivity contribution is -0.145. The van der Waals surface area contributed by atoms with Crippen LogP contribution in [0.25, 0.3) is 0 Å². The molecule has 120 valence electrons. The fourth-order valence-electron chi connectivity index (χ4n) is 2.69. The zero-order valence-electron chi connectivity index (χ0n) is 12.6. The summed E-state index contributed by atoms with van der Waals surface area (Å²) in [6.07, 6.45) is 0.147. The second kappa shape index (κ2) is 7.35. The summed E-state index contributed by atoms with van der Waals surface area (Å²) in [5.41, 5.74) is 0.363. The zero-order valence-corrected chi connectivity index (χ0v) is 12.6. The topological polar surface area (TPSA) is 69.6 Å². The summed E-state index contributed by atoms with van der Waals surface area (Å²) in [5.74, 6) is -0.892. The fraction of sp³-hybridized carbons (Fsp3) is 0.500. The summed E-state index contributed by atoms with van der Waals surface area (Å²) in [6, 6.07) is 5.08. The number of amides is 2. The summed E-state index contributed by atoms with van der Waals surface area (Å²) < 4.78 is 13.2. The van der Waals surface area contributed by atoms with Crippen LogP contribution in [0.15, 0.2) is 24.3 Å². The number of nitrogens with zero attached hydrogens (tertiary/aromatic N) is 1. The minimum atomic E-state index is -1.07. The highest BCUT2D eigenvalue weighted by Gasteiger charge is 2.32. The first-order chi connectivity index (χ1) is 10.5. The lowest BCUT2D eigenvalue weighted by Crippen LogP contribution is -2.57. The van der Waals surface area contributed by atoms with Gasteiger partial charge in [0.2, 0.25) is 11.8 Å². The van der Waals surface area contributed by atoms with Crippen LogP contribution in [0, 0.1) is 5.82 Å². The Morgan fingerprint density at radius 2 is 2.32 bits per heavy atom. The zero-order chi connectivity index (χ0) is 16.1. The molecule has 0 aromatic heterocycles. The van der Waals surface area contributed by atoms with Gasteiger partial charge in [-0.2, -0.15) is 0 Å². The van der Waals surface area contributed by atoms with Crippen LogP contribution >= 0.6 is 0 Å². The number of aliphatic hydroxyl groups excluding tert-OH is 1. The highest BCUT2D eigenvalue weighted by molar-refractivity contribution is 5.89. The third kappa shape index (κ3) is 3.82. The molecule has 1 aromatic rings. The molecule has 1 saturated heterocycles. The molecule has 2 rings (SSSR count). The van der Waals surface area contributed by atoms with Gasteiger partial charge in [-0.15, -0.1) is 0 Å². The molecular formula is C16H21FN2O3. The first-order valence-electron chi connectivity index (χ1n) is 7.53. The maximum absolute atomic E-state index is 13.2. The molecule has 0 spiro atoms. The molecule has 2 unspecified atom stereocenters. The van der Waals surface area contributed by atoms with Gasteiger partial charge < -0.3 is 15.3 Å². The van der Waals surface area contributed by atoms with Gasteiger partial charge in [-0.05, 0) is 24.1 Å². The van der Waals surface area contributed by atoms with E-state index in [-0.39, 0.29) is 18.2 Å². The molecule has 1 heterocycles. The van der Waals surface area contributed by atoms with Crippen LogP contribution < -0.4 is 5.32 Å². The smallest absolute Gasteiger partial charge is 0.242 e. The van der Waals surface area contributed by atoms with Crippen molar-refractivity contribution in [2.45, 2.75) is 38.3 Å². The minimum Gasteiger partial charge on any atom is -0.388 e. The number of hydrogen-bond donors (Lipinski definition) is 2. The number of aliphatic hydroxyl groups is 1. The minimum absolute atomic E-state index is 0.151. The van der Waals surface area contributed by atoms with Crippen molar-refractivity contribution in [1.82, 2.24) is 10.2 Å². The van der Waals surface area contributed by atoms with Gasteiger partial charge in [0.25, 0.3) is 0 Å². The average molecular weight is 308 g/mol. The van der Waals surface area contributed by atoms with Gasteiger partial charge in [0.05, 0.1) is 12.5 Å². The normalized spacial score (nSPS) is 19.7. The molecule has 2 amide bonds. The van der Waals surface area contributed by atoms with Crippen molar-refractivity contribution in [2.24, 2.45) is 0 Å². The van der Waals surface area contributed by atoms with Crippen LogP contribution in [0.5, 0.6) is 0 Å². The first-order valence-corrected chi connectivity index (χ1v) is 7.53. The lowest BCUT2D eigenvalue weighted by atomic mass is 10.0. The van der Waals surface area contributed by atoms with E-state index in [1.165, 1.54) is 23.1 Å². The predicted octanol–water partition coefficient (Wildman–Crippen LogP) is 1.38. The quantitative estimate of drug-likeness (QED) is 0.863. The summed E-state index contributed by atoms with van der Waals surface area (Å²) in [5, 5.41) is 12.9. The highest BCUT2D eigenvalue weighted by Crippen LogP contribution is 2.21. The molecule has 1 fully saturated rings. The van der Waals surface area contributed by atoms with E-state index in [2.05, 4.69) is 5.32 Å². The van der Waals surface area contributed by atoms with Gasteiger partial charge in [-0.25, -0.2) is 4.39 Å². The molecule has 1 aliphatic rings. The fourth-order valence-corrected chi connectivity index (χ4v) is 2.69. The van der Waals surface area contributed by atoms with E-state index >= 15 is 0 Å². The van der Waals surface area contributed by atoms with Crippen LogP contribution in [-0.2, 0) is 9.59 Å². The average Bonchev–Trinajstić information content (AvgIpc) is 2.49. The molecule has 0 bridgehead atoms. The number of carbonyl (C=O) groups is 2. The number of piperazine rings is 1. The second-order valence-electron chi connectivity index (χ2n) is 5.46. The van der Waals surface area contributed by atoms with E-state index in [1.807, 2.05) is 6.92 Å². The van der Waals surface area contributed by atoms with Gasteiger partial charge in [0, 0.05) is 13.1 Å². The van der Waals surface area contributed by atoms with E-state index in [1.54, 1.807) is 6.07 Å². The van der Waals surface area contributed by atoms with Crippen molar-refractivity contribution in [3.8, 4) is 0 Å². The van der Waals surface area contributed by atoms with Gasteiger partial charge in [0.15, 0.2) is 0 Å². The first kappa shape index (κ1) is 16.4. The second-order valence-corrected chi connectivity index (χ2v) is 5.46. The third-order valence-electron chi connectivity index (χ3n) is 3.81. The number of benzene rings is 1. The molecule has 0 saturated carbocycles. The number of carbonyl (C=O) groups excluding carboxylic acids is 2. The van der Waals surface area contributed by atoms with Crippen LogP contribution in [-0.4, -0.2) is 41.0 Å². The Kier molecular flexibility index (Phi) is 5.49. The molecule has 2 N–H and O–H groups in total. The summed E-state index contributed by atoms with van der Waals surface area (Å²) in [4.78, 5) is 25.8. The predicted molar refractivity (Wildman–Crippen MR) is 79.4 cm³/mol. The largest absolute Gasteiger partial charge is 0.388 e. The Labute approximate surface area is 129 Å². The molecule has 22 heavy (non-hydrogen) atoms. The Balaban J connectivity index is 2.05. The van der Waals surface area contributed by atoms with Gasteiger partial charge >= 0.3 is 0 Å². The number of halogens is 1. The van der Waals surface area contributed by atoms with E-state index < -0.39 is 18.0 Å². The lowest BCUT2D eigenvalue weighted by Gasteiger charge is -2.35. The van der Waals surface area contributed by atoms with Crippen molar-refractivity contribution < 1.29 is 19.1 Å².